The second kappa shape index (κ2) is 6.11. The summed E-state index contributed by atoms with van der Waals surface area (Å²) >= 11 is 5.72. The van der Waals surface area contributed by atoms with Crippen molar-refractivity contribution < 1.29 is 9.21 Å². The fraction of sp³-hybridized carbons (Fsp3) is 0.400. The predicted octanol–water partition coefficient (Wildman–Crippen LogP) is 3.91. The average Bonchev–Trinajstić information content (AvgIpc) is 2.82. The maximum Gasteiger partial charge on any atom is 0.257 e. The van der Waals surface area contributed by atoms with Gasteiger partial charge in [-0.1, -0.05) is 18.2 Å². The van der Waals surface area contributed by atoms with Gasteiger partial charge in [0.1, 0.15) is 11.8 Å². The van der Waals surface area contributed by atoms with E-state index >= 15 is 0 Å². The quantitative estimate of drug-likeness (QED) is 0.778. The lowest BCUT2D eigenvalue weighted by Gasteiger charge is -2.26. The van der Waals surface area contributed by atoms with E-state index in [1.165, 1.54) is 0 Å². The second-order valence-corrected chi connectivity index (χ2v) is 5.16. The van der Waals surface area contributed by atoms with Gasteiger partial charge in [-0.25, -0.2) is 0 Å². The lowest BCUT2D eigenvalue weighted by molar-refractivity contribution is 0.0707. The van der Waals surface area contributed by atoms with E-state index in [1.807, 2.05) is 43.0 Å². The minimum Gasteiger partial charge on any atom is -0.463 e. The lowest BCUT2D eigenvalue weighted by atomic mass is 10.1. The Hall–Kier alpha value is -1.48. The number of furan rings is 1. The van der Waals surface area contributed by atoms with E-state index < -0.39 is 0 Å². The Morgan fingerprint density at radius 3 is 2.79 bits per heavy atom. The van der Waals surface area contributed by atoms with Gasteiger partial charge in [0.15, 0.2) is 0 Å². The van der Waals surface area contributed by atoms with Crippen LogP contribution in [-0.2, 0) is 0 Å². The molecule has 2 rings (SSSR count). The van der Waals surface area contributed by atoms with Crippen LogP contribution in [0.1, 0.15) is 30.6 Å². The van der Waals surface area contributed by atoms with Crippen molar-refractivity contribution in [2.75, 3.05) is 12.4 Å². The molecule has 0 fully saturated rings. The zero-order valence-corrected chi connectivity index (χ0v) is 12.0. The highest BCUT2D eigenvalue weighted by Crippen LogP contribution is 2.22. The number of carbonyl (C=O) groups excluding carboxylic acids is 1. The summed E-state index contributed by atoms with van der Waals surface area (Å²) in [6, 6.07) is 7.72. The van der Waals surface area contributed by atoms with Gasteiger partial charge in [0, 0.05) is 23.9 Å². The number of para-hydroxylation sites is 1. The molecule has 0 aliphatic carbocycles. The lowest BCUT2D eigenvalue weighted by Crippen LogP contribution is -2.37. The highest BCUT2D eigenvalue weighted by molar-refractivity contribution is 6.17. The molecule has 4 heteroatoms. The third-order valence-electron chi connectivity index (χ3n) is 3.13. The number of hydrogen-bond donors (Lipinski definition) is 0. The molecule has 0 atom stereocenters. The van der Waals surface area contributed by atoms with Crippen molar-refractivity contribution in [2.45, 2.75) is 26.3 Å². The Balaban J connectivity index is 2.30. The third-order valence-corrected chi connectivity index (χ3v) is 3.40. The molecule has 0 saturated heterocycles. The summed E-state index contributed by atoms with van der Waals surface area (Å²) in [5.74, 6) is 0.563. The molecule has 102 valence electrons. The number of benzene rings is 1. The third kappa shape index (κ3) is 2.92. The number of alkyl halides is 1. The first-order valence-corrected chi connectivity index (χ1v) is 7.01. The molecule has 19 heavy (non-hydrogen) atoms. The topological polar surface area (TPSA) is 33.5 Å². The fourth-order valence-electron chi connectivity index (χ4n) is 2.12. The number of carbonyl (C=O) groups is 1. The van der Waals surface area contributed by atoms with E-state index in [4.69, 9.17) is 16.0 Å². The maximum absolute atomic E-state index is 12.6. The van der Waals surface area contributed by atoms with Gasteiger partial charge in [0.25, 0.3) is 5.91 Å². The van der Waals surface area contributed by atoms with E-state index in [2.05, 4.69) is 0 Å². The molecule has 1 heterocycles. The van der Waals surface area contributed by atoms with Crippen molar-refractivity contribution in [2.24, 2.45) is 0 Å². The van der Waals surface area contributed by atoms with Crippen LogP contribution in [0.25, 0.3) is 11.0 Å². The molecule has 0 spiro atoms. The van der Waals surface area contributed by atoms with Gasteiger partial charge in [-0.15, -0.1) is 11.6 Å². The minimum absolute atomic E-state index is 0.00469. The molecule has 0 N–H and O–H groups in total. The largest absolute Gasteiger partial charge is 0.463 e. The van der Waals surface area contributed by atoms with Crippen molar-refractivity contribution in [3.63, 3.8) is 0 Å². The smallest absolute Gasteiger partial charge is 0.257 e. The molecule has 0 saturated carbocycles. The summed E-state index contributed by atoms with van der Waals surface area (Å²) in [6.45, 7) is 4.68. The van der Waals surface area contributed by atoms with Crippen LogP contribution >= 0.6 is 11.6 Å². The van der Waals surface area contributed by atoms with Gasteiger partial charge in [0.05, 0.1) is 5.56 Å². The van der Waals surface area contributed by atoms with Crippen molar-refractivity contribution in [3.05, 3.63) is 36.1 Å². The van der Waals surface area contributed by atoms with Crippen molar-refractivity contribution in [3.8, 4) is 0 Å². The van der Waals surface area contributed by atoms with Gasteiger partial charge in [-0.2, -0.15) is 0 Å². The molecule has 0 unspecified atom stereocenters. The van der Waals surface area contributed by atoms with Gasteiger partial charge in [0.2, 0.25) is 0 Å². The van der Waals surface area contributed by atoms with E-state index in [1.54, 1.807) is 6.26 Å². The van der Waals surface area contributed by atoms with Crippen LogP contribution in [0.3, 0.4) is 0 Å². The van der Waals surface area contributed by atoms with E-state index in [0.29, 0.717) is 18.0 Å². The summed E-state index contributed by atoms with van der Waals surface area (Å²) in [4.78, 5) is 14.4. The second-order valence-electron chi connectivity index (χ2n) is 4.78. The Morgan fingerprint density at radius 1 is 1.37 bits per heavy atom. The standard InChI is InChI=1S/C15H18ClNO2/c1-11(2)17(9-5-8-16)15(18)13-10-19-14-7-4-3-6-12(13)14/h3-4,6-7,10-11H,5,8-9H2,1-2H3. The number of fused-ring (bicyclic) bond motifs is 1. The van der Waals surface area contributed by atoms with Gasteiger partial charge < -0.3 is 9.32 Å². The number of hydrogen-bond acceptors (Lipinski definition) is 2. The van der Waals surface area contributed by atoms with E-state index in [-0.39, 0.29) is 11.9 Å². The number of rotatable bonds is 5. The first-order chi connectivity index (χ1) is 9.15. The van der Waals surface area contributed by atoms with Gasteiger partial charge >= 0.3 is 0 Å². The number of halogens is 1. The van der Waals surface area contributed by atoms with Crippen LogP contribution in [0.2, 0.25) is 0 Å². The zero-order chi connectivity index (χ0) is 13.8. The van der Waals surface area contributed by atoms with Crippen LogP contribution in [0.15, 0.2) is 34.9 Å². The predicted molar refractivity (Wildman–Crippen MR) is 77.7 cm³/mol. The van der Waals surface area contributed by atoms with Crippen LogP contribution in [-0.4, -0.2) is 29.3 Å². The van der Waals surface area contributed by atoms with Crippen molar-refractivity contribution in [1.29, 1.82) is 0 Å². The normalized spacial score (nSPS) is 11.2. The Bertz CT molecular complexity index is 562. The summed E-state index contributed by atoms with van der Waals surface area (Å²) in [5, 5.41) is 0.865. The van der Waals surface area contributed by atoms with Gasteiger partial charge in [-0.3, -0.25) is 4.79 Å². The molecule has 0 radical (unpaired) electrons. The highest BCUT2D eigenvalue weighted by Gasteiger charge is 2.21. The molecule has 1 aromatic heterocycles. The Morgan fingerprint density at radius 2 is 2.11 bits per heavy atom. The summed E-state index contributed by atoms with van der Waals surface area (Å²) < 4.78 is 5.43. The maximum atomic E-state index is 12.6. The number of amides is 1. The minimum atomic E-state index is 0.00469. The first-order valence-electron chi connectivity index (χ1n) is 6.48. The molecular formula is C15H18ClNO2. The van der Waals surface area contributed by atoms with Crippen LogP contribution in [0, 0.1) is 0 Å². The summed E-state index contributed by atoms with van der Waals surface area (Å²) in [7, 11) is 0. The molecule has 0 bridgehead atoms. The molecule has 1 aromatic carbocycles. The number of nitrogens with zero attached hydrogens (tertiary/aromatic N) is 1. The molecule has 0 aliphatic rings. The Labute approximate surface area is 118 Å². The fourth-order valence-corrected chi connectivity index (χ4v) is 2.24. The SMILES string of the molecule is CC(C)N(CCCCl)C(=O)c1coc2ccccc12. The zero-order valence-electron chi connectivity index (χ0n) is 11.2. The summed E-state index contributed by atoms with van der Waals surface area (Å²) in [6.07, 6.45) is 2.34. The van der Waals surface area contributed by atoms with Crippen molar-refractivity contribution in [1.82, 2.24) is 4.90 Å². The van der Waals surface area contributed by atoms with E-state index in [0.717, 1.165) is 17.4 Å². The molecule has 0 aliphatic heterocycles. The van der Waals surface area contributed by atoms with Crippen LogP contribution in [0.4, 0.5) is 0 Å². The Kier molecular flexibility index (Phi) is 4.48. The van der Waals surface area contributed by atoms with Crippen LogP contribution in [0.5, 0.6) is 0 Å². The highest BCUT2D eigenvalue weighted by atomic mass is 35.5. The molecule has 3 nitrogen and oxygen atoms in total. The van der Waals surface area contributed by atoms with Gasteiger partial charge in [-0.05, 0) is 26.3 Å². The molecule has 2 aromatic rings. The van der Waals surface area contributed by atoms with E-state index in [9.17, 15) is 4.79 Å². The molecule has 1 amide bonds. The van der Waals surface area contributed by atoms with Crippen LogP contribution < -0.4 is 0 Å². The summed E-state index contributed by atoms with van der Waals surface area (Å²) in [5.41, 5.74) is 1.37. The van der Waals surface area contributed by atoms with Crippen molar-refractivity contribution >= 4 is 28.5 Å². The first kappa shape index (κ1) is 13.9. The monoisotopic (exact) mass is 279 g/mol. The molecular weight excluding hydrogens is 262 g/mol. The average molecular weight is 280 g/mol.